The third kappa shape index (κ3) is 1.86. The van der Waals surface area contributed by atoms with Crippen LogP contribution in [0.15, 0.2) is 18.2 Å². The lowest BCUT2D eigenvalue weighted by atomic mass is 10.1. The molecule has 0 aromatic heterocycles. The summed E-state index contributed by atoms with van der Waals surface area (Å²) in [6.07, 6.45) is 0.909. The predicted molar refractivity (Wildman–Crippen MR) is 67.4 cm³/mol. The first-order valence-corrected chi connectivity index (χ1v) is 6.26. The van der Waals surface area contributed by atoms with E-state index < -0.39 is 0 Å². The molecular weight excluding hydrogens is 228 g/mol. The Hall–Kier alpha value is -1.57. The van der Waals surface area contributed by atoms with Crippen molar-refractivity contribution in [1.29, 1.82) is 5.26 Å². The maximum absolute atomic E-state index is 8.94. The van der Waals surface area contributed by atoms with Crippen molar-refractivity contribution in [2.45, 2.75) is 19.1 Å². The molecular formula is C14H16N2O2. The van der Waals surface area contributed by atoms with Crippen LogP contribution in [0.2, 0.25) is 0 Å². The first-order chi connectivity index (χ1) is 8.72. The molecule has 2 saturated heterocycles. The van der Waals surface area contributed by atoms with Crippen molar-refractivity contribution in [2.24, 2.45) is 0 Å². The molecule has 0 radical (unpaired) electrons. The highest BCUT2D eigenvalue weighted by Crippen LogP contribution is 2.33. The molecule has 0 amide bonds. The summed E-state index contributed by atoms with van der Waals surface area (Å²) < 4.78 is 11.4. The van der Waals surface area contributed by atoms with Crippen molar-refractivity contribution in [3.05, 3.63) is 29.3 Å². The molecule has 1 aromatic carbocycles. The zero-order valence-corrected chi connectivity index (χ0v) is 10.5. The molecule has 4 nitrogen and oxygen atoms in total. The van der Waals surface area contributed by atoms with E-state index in [2.05, 4.69) is 17.0 Å². The summed E-state index contributed by atoms with van der Waals surface area (Å²) in [6.45, 7) is 5.07. The molecule has 2 aliphatic heterocycles. The van der Waals surface area contributed by atoms with Crippen molar-refractivity contribution in [1.82, 2.24) is 0 Å². The molecule has 3 rings (SSSR count). The highest BCUT2D eigenvalue weighted by Gasteiger charge is 2.43. The smallest absolute Gasteiger partial charge is 0.187 e. The molecule has 18 heavy (non-hydrogen) atoms. The summed E-state index contributed by atoms with van der Waals surface area (Å²) in [6, 6.07) is 8.14. The Morgan fingerprint density at radius 3 is 2.78 bits per heavy atom. The molecule has 0 unspecified atom stereocenters. The van der Waals surface area contributed by atoms with Crippen molar-refractivity contribution in [3.8, 4) is 6.07 Å². The molecule has 0 bridgehead atoms. The van der Waals surface area contributed by atoms with E-state index in [0.29, 0.717) is 13.2 Å². The molecule has 1 aromatic rings. The maximum Gasteiger partial charge on any atom is 0.187 e. The summed E-state index contributed by atoms with van der Waals surface area (Å²) >= 11 is 0. The number of hydrogen-bond acceptors (Lipinski definition) is 4. The average molecular weight is 244 g/mol. The number of benzene rings is 1. The van der Waals surface area contributed by atoms with E-state index in [1.54, 1.807) is 0 Å². The second-order valence-electron chi connectivity index (χ2n) is 4.89. The number of nitriles is 1. The second kappa shape index (κ2) is 4.27. The standard InChI is InChI=1S/C14H16N2O2/c1-11-8-13(3-2-12(11)9-15)16-5-4-14(10-16)17-6-7-18-14/h2-3,8H,4-7,10H2,1H3. The van der Waals surface area contributed by atoms with Crippen LogP contribution in [-0.2, 0) is 9.47 Å². The van der Waals surface area contributed by atoms with Crippen molar-refractivity contribution in [2.75, 3.05) is 31.2 Å². The SMILES string of the molecule is Cc1cc(N2CCC3(C2)OCCO3)ccc1C#N. The molecule has 0 saturated carbocycles. The third-order valence-corrected chi connectivity index (χ3v) is 3.70. The van der Waals surface area contributed by atoms with Gasteiger partial charge in [0.1, 0.15) is 0 Å². The normalized spacial score (nSPS) is 21.4. The highest BCUT2D eigenvalue weighted by molar-refractivity contribution is 5.54. The molecule has 4 heteroatoms. The highest BCUT2D eigenvalue weighted by atomic mass is 16.7. The third-order valence-electron chi connectivity index (χ3n) is 3.70. The van der Waals surface area contributed by atoms with Crippen LogP contribution in [0.25, 0.3) is 0 Å². The van der Waals surface area contributed by atoms with Crippen LogP contribution < -0.4 is 4.90 Å². The molecule has 0 N–H and O–H groups in total. The van der Waals surface area contributed by atoms with E-state index in [0.717, 1.165) is 36.3 Å². The molecule has 2 heterocycles. The zero-order valence-electron chi connectivity index (χ0n) is 10.5. The van der Waals surface area contributed by atoms with Crippen LogP contribution in [-0.4, -0.2) is 32.1 Å². The van der Waals surface area contributed by atoms with Crippen LogP contribution in [0, 0.1) is 18.3 Å². The molecule has 0 atom stereocenters. The van der Waals surface area contributed by atoms with E-state index in [4.69, 9.17) is 14.7 Å². The van der Waals surface area contributed by atoms with Gasteiger partial charge in [-0.1, -0.05) is 0 Å². The lowest BCUT2D eigenvalue weighted by Gasteiger charge is -2.23. The fourth-order valence-electron chi connectivity index (χ4n) is 2.68. The van der Waals surface area contributed by atoms with Gasteiger partial charge in [-0.3, -0.25) is 0 Å². The number of ether oxygens (including phenoxy) is 2. The van der Waals surface area contributed by atoms with Gasteiger partial charge < -0.3 is 14.4 Å². The van der Waals surface area contributed by atoms with E-state index in [-0.39, 0.29) is 5.79 Å². The van der Waals surface area contributed by atoms with Crippen molar-refractivity contribution >= 4 is 5.69 Å². The Labute approximate surface area is 107 Å². The van der Waals surface area contributed by atoms with Crippen LogP contribution >= 0.6 is 0 Å². The van der Waals surface area contributed by atoms with Gasteiger partial charge in [-0.25, -0.2) is 0 Å². The van der Waals surface area contributed by atoms with Crippen LogP contribution in [0.5, 0.6) is 0 Å². The minimum Gasteiger partial charge on any atom is -0.366 e. The number of hydrogen-bond donors (Lipinski definition) is 0. The average Bonchev–Trinajstić information content (AvgIpc) is 3.00. The molecule has 2 fully saturated rings. The van der Waals surface area contributed by atoms with E-state index >= 15 is 0 Å². The van der Waals surface area contributed by atoms with Crippen LogP contribution in [0.3, 0.4) is 0 Å². The summed E-state index contributed by atoms with van der Waals surface area (Å²) in [5.74, 6) is -0.387. The molecule has 1 spiro atoms. The largest absolute Gasteiger partial charge is 0.366 e. The Balaban J connectivity index is 1.80. The lowest BCUT2D eigenvalue weighted by molar-refractivity contribution is -0.137. The van der Waals surface area contributed by atoms with Crippen LogP contribution in [0.1, 0.15) is 17.5 Å². The first-order valence-electron chi connectivity index (χ1n) is 6.26. The number of aryl methyl sites for hydroxylation is 1. The zero-order chi connectivity index (χ0) is 12.6. The first kappa shape index (κ1) is 11.5. The van der Waals surface area contributed by atoms with Gasteiger partial charge in [-0.2, -0.15) is 5.26 Å². The summed E-state index contributed by atoms with van der Waals surface area (Å²) in [5.41, 5.74) is 2.90. The second-order valence-corrected chi connectivity index (χ2v) is 4.89. The fourth-order valence-corrected chi connectivity index (χ4v) is 2.68. The minimum atomic E-state index is -0.387. The quantitative estimate of drug-likeness (QED) is 0.756. The van der Waals surface area contributed by atoms with Gasteiger partial charge in [0.05, 0.1) is 31.4 Å². The Morgan fingerprint density at radius 2 is 2.11 bits per heavy atom. The van der Waals surface area contributed by atoms with Gasteiger partial charge in [0.25, 0.3) is 0 Å². The van der Waals surface area contributed by atoms with Gasteiger partial charge in [-0.15, -0.1) is 0 Å². The lowest BCUT2D eigenvalue weighted by Crippen LogP contribution is -2.34. The van der Waals surface area contributed by atoms with Crippen molar-refractivity contribution < 1.29 is 9.47 Å². The van der Waals surface area contributed by atoms with Gasteiger partial charge >= 0.3 is 0 Å². The predicted octanol–water partition coefficient (Wildman–Crippen LogP) is 1.82. The van der Waals surface area contributed by atoms with Gasteiger partial charge in [0.2, 0.25) is 0 Å². The topological polar surface area (TPSA) is 45.5 Å². The van der Waals surface area contributed by atoms with Crippen LogP contribution in [0.4, 0.5) is 5.69 Å². The molecule has 94 valence electrons. The molecule has 2 aliphatic rings. The summed E-state index contributed by atoms with van der Waals surface area (Å²) in [5, 5.41) is 8.94. The monoisotopic (exact) mass is 244 g/mol. The fraction of sp³-hybridized carbons (Fsp3) is 0.500. The maximum atomic E-state index is 8.94. The molecule has 0 aliphatic carbocycles. The van der Waals surface area contributed by atoms with Gasteiger partial charge in [0.15, 0.2) is 5.79 Å². The Morgan fingerprint density at radius 1 is 1.33 bits per heavy atom. The van der Waals surface area contributed by atoms with E-state index in [1.165, 1.54) is 0 Å². The Kier molecular flexibility index (Phi) is 2.73. The van der Waals surface area contributed by atoms with Gasteiger partial charge in [-0.05, 0) is 30.7 Å². The van der Waals surface area contributed by atoms with Crippen molar-refractivity contribution in [3.63, 3.8) is 0 Å². The van der Waals surface area contributed by atoms with E-state index in [9.17, 15) is 0 Å². The van der Waals surface area contributed by atoms with Gasteiger partial charge in [0, 0.05) is 18.7 Å². The number of nitrogens with zero attached hydrogens (tertiary/aromatic N) is 2. The summed E-state index contributed by atoms with van der Waals surface area (Å²) in [4.78, 5) is 2.26. The minimum absolute atomic E-state index is 0.387. The Bertz CT molecular complexity index is 501. The number of anilines is 1. The summed E-state index contributed by atoms with van der Waals surface area (Å²) in [7, 11) is 0. The number of rotatable bonds is 1. The van der Waals surface area contributed by atoms with E-state index in [1.807, 2.05) is 19.1 Å².